The molecule has 2 amide bonds. The number of nitrogens with one attached hydrogen (secondary N) is 1. The van der Waals surface area contributed by atoms with Crippen LogP contribution in [0.5, 0.6) is 0 Å². The van der Waals surface area contributed by atoms with Crippen LogP contribution in [0.4, 0.5) is 10.2 Å². The largest absolute Gasteiger partial charge is 0.441 e. The van der Waals surface area contributed by atoms with Gasteiger partial charge in [0.15, 0.2) is 11.7 Å². The first-order chi connectivity index (χ1) is 16.9. The van der Waals surface area contributed by atoms with Crippen LogP contribution < -0.4 is 5.32 Å². The van der Waals surface area contributed by atoms with Crippen molar-refractivity contribution in [2.24, 2.45) is 11.8 Å². The van der Waals surface area contributed by atoms with E-state index in [4.69, 9.17) is 4.42 Å². The summed E-state index contributed by atoms with van der Waals surface area (Å²) < 4.78 is 20.2. The van der Waals surface area contributed by atoms with Crippen molar-refractivity contribution >= 4 is 28.4 Å². The number of nitrogens with zero attached hydrogens (tertiary/aromatic N) is 4. The number of piperazine rings is 1. The molecule has 2 fully saturated rings. The Kier molecular flexibility index (Phi) is 6.51. The molecule has 3 heterocycles. The zero-order valence-corrected chi connectivity index (χ0v) is 20.1. The number of anilines is 1. The fraction of sp³-hybridized carbons (Fsp3) is 0.462. The summed E-state index contributed by atoms with van der Waals surface area (Å²) in [6.45, 7) is 5.11. The second-order valence-electron chi connectivity index (χ2n) is 9.66. The molecule has 2 aromatic heterocycles. The minimum atomic E-state index is -0.416. The van der Waals surface area contributed by atoms with Gasteiger partial charge in [0.25, 0.3) is 0 Å². The molecule has 0 atom stereocenters. The van der Waals surface area contributed by atoms with Gasteiger partial charge in [-0.25, -0.2) is 14.4 Å². The molecule has 0 unspecified atom stereocenters. The average Bonchev–Trinajstić information content (AvgIpc) is 3.30. The second-order valence-corrected chi connectivity index (χ2v) is 9.66. The Morgan fingerprint density at radius 3 is 2.40 bits per heavy atom. The van der Waals surface area contributed by atoms with Crippen LogP contribution >= 0.6 is 0 Å². The van der Waals surface area contributed by atoms with Crippen LogP contribution in [0.2, 0.25) is 0 Å². The summed E-state index contributed by atoms with van der Waals surface area (Å²) in [6.07, 6.45) is 5.78. The summed E-state index contributed by atoms with van der Waals surface area (Å²) in [5.74, 6) is 0.907. The molecule has 3 aromatic rings. The molecule has 1 aromatic carbocycles. The molecule has 0 bridgehead atoms. The molecule has 9 heteroatoms. The maximum Gasteiger partial charge on any atom is 0.228 e. The van der Waals surface area contributed by atoms with Crippen LogP contribution in [0.25, 0.3) is 22.1 Å². The van der Waals surface area contributed by atoms with Gasteiger partial charge >= 0.3 is 0 Å². The summed E-state index contributed by atoms with van der Waals surface area (Å²) >= 11 is 0. The zero-order valence-electron chi connectivity index (χ0n) is 20.1. The number of hydrogen-bond donors (Lipinski definition) is 1. The molecule has 2 aliphatic rings. The van der Waals surface area contributed by atoms with E-state index in [-0.39, 0.29) is 23.7 Å². The van der Waals surface area contributed by atoms with Gasteiger partial charge in [-0.1, -0.05) is 0 Å². The number of aromatic nitrogens is 2. The van der Waals surface area contributed by atoms with Gasteiger partial charge < -0.3 is 19.5 Å². The molecule has 1 N–H and O–H groups in total. The number of fused-ring (bicyclic) bond motifs is 1. The van der Waals surface area contributed by atoms with Gasteiger partial charge in [0, 0.05) is 62.1 Å². The minimum Gasteiger partial charge on any atom is -0.441 e. The van der Waals surface area contributed by atoms with Gasteiger partial charge in [-0.05, 0) is 56.3 Å². The highest BCUT2D eigenvalue weighted by Gasteiger charge is 2.33. The number of amides is 2. The van der Waals surface area contributed by atoms with Crippen molar-refractivity contribution in [2.45, 2.75) is 32.6 Å². The van der Waals surface area contributed by atoms with E-state index in [2.05, 4.69) is 27.2 Å². The number of oxazole rings is 1. The molecule has 5 rings (SSSR count). The summed E-state index contributed by atoms with van der Waals surface area (Å²) in [7, 11) is 2.07. The van der Waals surface area contributed by atoms with Gasteiger partial charge in [-0.3, -0.25) is 9.59 Å². The zero-order chi connectivity index (χ0) is 24.5. The first kappa shape index (κ1) is 23.4. The lowest BCUT2D eigenvalue weighted by Crippen LogP contribution is -2.49. The van der Waals surface area contributed by atoms with Crippen molar-refractivity contribution in [2.75, 3.05) is 38.5 Å². The van der Waals surface area contributed by atoms with E-state index in [0.717, 1.165) is 39.0 Å². The first-order valence-electron chi connectivity index (χ1n) is 12.2. The van der Waals surface area contributed by atoms with Crippen LogP contribution in [0.3, 0.4) is 0 Å². The fourth-order valence-electron chi connectivity index (χ4n) is 5.03. The van der Waals surface area contributed by atoms with E-state index in [1.54, 1.807) is 25.3 Å². The Hall–Kier alpha value is -3.33. The van der Waals surface area contributed by atoms with Crippen molar-refractivity contribution in [3.8, 4) is 11.3 Å². The standard InChI is InChI=1S/C26H30FN5O3/c1-16-28-15-23(35-16)20-11-19-13-24(29-14-21(19)22(27)12-20)30-25(33)17-3-5-18(6-4-17)26(34)32-9-7-31(2)8-10-32/h11-15,17-18H,3-10H2,1-2H3,(H,29,30,33)/t17-,18-. The monoisotopic (exact) mass is 479 g/mol. The number of carbonyl (C=O) groups excluding carboxylic acids is 2. The van der Waals surface area contributed by atoms with E-state index in [1.807, 2.05) is 4.90 Å². The number of carbonyl (C=O) groups is 2. The SMILES string of the molecule is Cc1ncc(-c2cc(F)c3cnc(NC(=O)[C@H]4CC[C@H](C(=O)N5CCN(C)CC5)CC4)cc3c2)o1. The third-order valence-electron chi connectivity index (χ3n) is 7.21. The number of pyridine rings is 1. The van der Waals surface area contributed by atoms with Gasteiger partial charge in [-0.15, -0.1) is 0 Å². The van der Waals surface area contributed by atoms with Gasteiger partial charge in [0.05, 0.1) is 6.20 Å². The molecule has 0 spiro atoms. The highest BCUT2D eigenvalue weighted by molar-refractivity contribution is 5.95. The number of rotatable bonds is 4. The van der Waals surface area contributed by atoms with Crippen LogP contribution in [-0.4, -0.2) is 64.8 Å². The topological polar surface area (TPSA) is 91.6 Å². The van der Waals surface area contributed by atoms with Gasteiger partial charge in [-0.2, -0.15) is 0 Å². The molecule has 35 heavy (non-hydrogen) atoms. The summed E-state index contributed by atoms with van der Waals surface area (Å²) in [4.78, 5) is 38.3. The predicted molar refractivity (Wildman–Crippen MR) is 130 cm³/mol. The quantitative estimate of drug-likeness (QED) is 0.611. The third kappa shape index (κ3) is 5.05. The summed E-state index contributed by atoms with van der Waals surface area (Å²) in [5, 5.41) is 3.87. The number of halogens is 1. The van der Waals surface area contributed by atoms with Crippen LogP contribution in [0.15, 0.2) is 35.0 Å². The van der Waals surface area contributed by atoms with Crippen LogP contribution in [-0.2, 0) is 9.59 Å². The Labute approximate surface area is 203 Å². The predicted octanol–water partition coefficient (Wildman–Crippen LogP) is 3.86. The van der Waals surface area contributed by atoms with E-state index in [1.165, 1.54) is 12.3 Å². The van der Waals surface area contributed by atoms with Crippen LogP contribution in [0, 0.1) is 24.6 Å². The number of benzene rings is 1. The van der Waals surface area contributed by atoms with E-state index in [9.17, 15) is 14.0 Å². The average molecular weight is 480 g/mol. The first-order valence-corrected chi connectivity index (χ1v) is 12.2. The minimum absolute atomic E-state index is 0.00220. The number of aryl methyl sites for hydroxylation is 1. The lowest BCUT2D eigenvalue weighted by molar-refractivity contribution is -0.139. The Bertz CT molecular complexity index is 1240. The molecule has 8 nitrogen and oxygen atoms in total. The van der Waals surface area contributed by atoms with E-state index >= 15 is 0 Å². The molecule has 1 saturated heterocycles. The Morgan fingerprint density at radius 1 is 1.00 bits per heavy atom. The Morgan fingerprint density at radius 2 is 1.71 bits per heavy atom. The maximum absolute atomic E-state index is 14.7. The number of hydrogen-bond acceptors (Lipinski definition) is 6. The number of likely N-dealkylation sites (N-methyl/N-ethyl adjacent to an activating group) is 1. The molecular weight excluding hydrogens is 449 g/mol. The summed E-state index contributed by atoms with van der Waals surface area (Å²) in [5.41, 5.74) is 0.572. The lowest BCUT2D eigenvalue weighted by atomic mass is 9.81. The molecule has 184 valence electrons. The van der Waals surface area contributed by atoms with E-state index < -0.39 is 5.82 Å². The smallest absolute Gasteiger partial charge is 0.228 e. The van der Waals surface area contributed by atoms with Crippen molar-refractivity contribution < 1.29 is 18.4 Å². The molecule has 1 aliphatic heterocycles. The van der Waals surface area contributed by atoms with Crippen molar-refractivity contribution in [3.63, 3.8) is 0 Å². The fourth-order valence-corrected chi connectivity index (χ4v) is 5.03. The normalized spacial score (nSPS) is 21.3. The van der Waals surface area contributed by atoms with E-state index in [0.29, 0.717) is 46.6 Å². The molecule has 1 aliphatic carbocycles. The summed E-state index contributed by atoms with van der Waals surface area (Å²) in [6, 6.07) is 4.86. The Balaban J connectivity index is 1.22. The highest BCUT2D eigenvalue weighted by Crippen LogP contribution is 2.32. The van der Waals surface area contributed by atoms with Gasteiger partial charge in [0.2, 0.25) is 11.8 Å². The van der Waals surface area contributed by atoms with Crippen molar-refractivity contribution in [3.05, 3.63) is 42.3 Å². The molecule has 1 saturated carbocycles. The lowest BCUT2D eigenvalue weighted by Gasteiger charge is -2.36. The molecule has 0 radical (unpaired) electrons. The van der Waals surface area contributed by atoms with Gasteiger partial charge in [0.1, 0.15) is 11.6 Å². The highest BCUT2D eigenvalue weighted by atomic mass is 19.1. The van der Waals surface area contributed by atoms with Crippen LogP contribution in [0.1, 0.15) is 31.6 Å². The molecular formula is C26H30FN5O3. The maximum atomic E-state index is 14.7. The van der Waals surface area contributed by atoms with Crippen molar-refractivity contribution in [1.82, 2.24) is 19.8 Å². The second kappa shape index (κ2) is 9.73. The third-order valence-corrected chi connectivity index (χ3v) is 7.21. The van der Waals surface area contributed by atoms with Crippen molar-refractivity contribution in [1.29, 1.82) is 0 Å².